The molecule has 0 saturated heterocycles. The third-order valence-electron chi connectivity index (χ3n) is 5.71. The number of aryl methyl sites for hydroxylation is 2. The lowest BCUT2D eigenvalue weighted by molar-refractivity contribution is -0.134. The molecular formula is C26H36N6O4. The summed E-state index contributed by atoms with van der Waals surface area (Å²) in [6, 6.07) is 10.5. The van der Waals surface area contributed by atoms with Gasteiger partial charge in [0.25, 0.3) is 0 Å². The average molecular weight is 497 g/mol. The molecule has 0 atom stereocenters. The Morgan fingerprint density at radius 1 is 1.11 bits per heavy atom. The van der Waals surface area contributed by atoms with Crippen molar-refractivity contribution in [2.45, 2.75) is 40.7 Å². The highest BCUT2D eigenvalue weighted by Crippen LogP contribution is 2.28. The second kappa shape index (κ2) is 12.7. The van der Waals surface area contributed by atoms with Crippen LogP contribution in [0.3, 0.4) is 0 Å². The molecule has 2 rings (SSSR count). The molecule has 0 bridgehead atoms. The molecule has 0 aliphatic rings. The van der Waals surface area contributed by atoms with Gasteiger partial charge in [0.05, 0.1) is 12.3 Å². The van der Waals surface area contributed by atoms with Gasteiger partial charge in [-0.2, -0.15) is 0 Å². The number of esters is 1. The number of nitrogens with two attached hydrogens (primary N) is 3. The fraction of sp³-hybridized carbons (Fsp3) is 0.346. The third kappa shape index (κ3) is 6.41. The Kier molecular flexibility index (Phi) is 10.0. The minimum absolute atomic E-state index is 0.181. The van der Waals surface area contributed by atoms with Crippen LogP contribution in [0.4, 0.5) is 10.5 Å². The number of carbonyl (C=O) groups excluding carboxylic acids is 2. The summed E-state index contributed by atoms with van der Waals surface area (Å²) in [5.74, 6) is 11.8. The molecule has 0 radical (unpaired) electrons. The van der Waals surface area contributed by atoms with E-state index < -0.39 is 12.0 Å². The number of hydrogen-bond donors (Lipinski definition) is 3. The number of urea groups is 1. The van der Waals surface area contributed by atoms with E-state index in [0.717, 1.165) is 38.7 Å². The van der Waals surface area contributed by atoms with Crippen LogP contribution >= 0.6 is 0 Å². The molecule has 0 fully saturated rings. The zero-order valence-corrected chi connectivity index (χ0v) is 21.8. The number of anilines is 1. The van der Waals surface area contributed by atoms with E-state index >= 15 is 0 Å². The van der Waals surface area contributed by atoms with Gasteiger partial charge >= 0.3 is 12.0 Å². The lowest BCUT2D eigenvalue weighted by Gasteiger charge is -2.24. The maximum atomic E-state index is 12.3. The van der Waals surface area contributed by atoms with Crippen molar-refractivity contribution in [3.05, 3.63) is 64.2 Å². The van der Waals surface area contributed by atoms with Crippen molar-refractivity contribution in [1.82, 2.24) is 5.01 Å². The largest absolute Gasteiger partial charge is 0.489 e. The number of benzene rings is 2. The quantitative estimate of drug-likeness (QED) is 0.159. The highest BCUT2D eigenvalue weighted by Gasteiger charge is 2.20. The van der Waals surface area contributed by atoms with Gasteiger partial charge in [-0.1, -0.05) is 19.1 Å². The molecule has 10 heteroatoms. The Morgan fingerprint density at radius 3 is 2.36 bits per heavy atom. The number of carbonyl (C=O) groups is 2. The molecule has 0 saturated carbocycles. The Labute approximate surface area is 212 Å². The zero-order chi connectivity index (χ0) is 27.0. The van der Waals surface area contributed by atoms with Gasteiger partial charge in [0.1, 0.15) is 18.1 Å². The van der Waals surface area contributed by atoms with E-state index in [4.69, 9.17) is 26.9 Å². The Hall–Kier alpha value is -3.89. The van der Waals surface area contributed by atoms with Crippen LogP contribution in [0.1, 0.15) is 43.0 Å². The minimum atomic E-state index is -0.555. The van der Waals surface area contributed by atoms with Gasteiger partial charge in [-0.05, 0) is 68.1 Å². The van der Waals surface area contributed by atoms with Gasteiger partial charge in [0.2, 0.25) is 0 Å². The van der Waals surface area contributed by atoms with Crippen LogP contribution in [0.25, 0.3) is 5.70 Å². The van der Waals surface area contributed by atoms with E-state index in [1.165, 1.54) is 14.1 Å². The highest BCUT2D eigenvalue weighted by molar-refractivity contribution is 6.44. The van der Waals surface area contributed by atoms with E-state index in [1.807, 2.05) is 44.2 Å². The van der Waals surface area contributed by atoms with Crippen LogP contribution in [0, 0.1) is 6.92 Å². The summed E-state index contributed by atoms with van der Waals surface area (Å²) in [7, 11) is 2.95. The molecular weight excluding hydrogens is 460 g/mol. The minimum Gasteiger partial charge on any atom is -0.489 e. The maximum absolute atomic E-state index is 12.3. The van der Waals surface area contributed by atoms with E-state index in [1.54, 1.807) is 19.9 Å². The first-order valence-corrected chi connectivity index (χ1v) is 11.6. The molecule has 0 spiro atoms. The number of hydrogen-bond acceptors (Lipinski definition) is 8. The monoisotopic (exact) mass is 496 g/mol. The Morgan fingerprint density at radius 2 is 1.81 bits per heavy atom. The SMILES string of the molecule is CCOC(=O)C(=NC)C(C)=C(N)c1ccc(OCc2c(CC)cccc2N(N)C(=O)N(C)N)c(C)c1. The number of aliphatic imine (C=N–C) groups is 1. The summed E-state index contributed by atoms with van der Waals surface area (Å²) >= 11 is 0. The van der Waals surface area contributed by atoms with E-state index in [0.29, 0.717) is 22.7 Å². The van der Waals surface area contributed by atoms with Crippen LogP contribution in [0.5, 0.6) is 5.75 Å². The van der Waals surface area contributed by atoms with E-state index in [-0.39, 0.29) is 18.9 Å². The Balaban J connectivity index is 2.34. The molecule has 10 nitrogen and oxygen atoms in total. The predicted molar refractivity (Wildman–Crippen MR) is 142 cm³/mol. The molecule has 6 N–H and O–H groups in total. The van der Waals surface area contributed by atoms with Crippen molar-refractivity contribution < 1.29 is 19.1 Å². The summed E-state index contributed by atoms with van der Waals surface area (Å²) in [4.78, 5) is 28.6. The van der Waals surface area contributed by atoms with E-state index in [9.17, 15) is 9.59 Å². The average Bonchev–Trinajstić information content (AvgIpc) is 2.86. The lowest BCUT2D eigenvalue weighted by atomic mass is 10.0. The fourth-order valence-electron chi connectivity index (χ4n) is 3.70. The normalized spacial score (nSPS) is 12.1. The van der Waals surface area contributed by atoms with Crippen LogP contribution in [0.15, 0.2) is 47.0 Å². The van der Waals surface area contributed by atoms with Crippen molar-refractivity contribution in [3.63, 3.8) is 0 Å². The Bertz CT molecular complexity index is 1170. The summed E-state index contributed by atoms with van der Waals surface area (Å²) < 4.78 is 11.2. The van der Waals surface area contributed by atoms with Crippen LogP contribution in [0.2, 0.25) is 0 Å². The molecule has 2 aromatic carbocycles. The number of ether oxygens (including phenoxy) is 2. The van der Waals surface area contributed by atoms with Crippen molar-refractivity contribution >= 4 is 29.1 Å². The summed E-state index contributed by atoms with van der Waals surface area (Å²) in [5.41, 5.74) is 11.4. The molecule has 0 aliphatic heterocycles. The molecule has 0 aromatic heterocycles. The second-order valence-electron chi connectivity index (χ2n) is 8.13. The molecule has 0 unspecified atom stereocenters. The predicted octanol–water partition coefficient (Wildman–Crippen LogP) is 3.07. The summed E-state index contributed by atoms with van der Waals surface area (Å²) in [6.07, 6.45) is 0.729. The van der Waals surface area contributed by atoms with Gasteiger partial charge in [0.15, 0.2) is 0 Å². The first-order chi connectivity index (χ1) is 17.1. The maximum Gasteiger partial charge on any atom is 0.356 e. The number of amides is 2. The van der Waals surface area contributed by atoms with Gasteiger partial charge in [-0.3, -0.25) is 10.0 Å². The van der Waals surface area contributed by atoms with Crippen LogP contribution in [-0.2, 0) is 22.6 Å². The molecule has 0 heterocycles. The smallest absolute Gasteiger partial charge is 0.356 e. The highest BCUT2D eigenvalue weighted by atomic mass is 16.5. The summed E-state index contributed by atoms with van der Waals surface area (Å²) in [6.45, 7) is 7.82. The number of rotatable bonds is 9. The van der Waals surface area contributed by atoms with Crippen molar-refractivity contribution in [1.29, 1.82) is 0 Å². The molecule has 2 aromatic rings. The number of hydrazine groups is 2. The lowest BCUT2D eigenvalue weighted by Crippen LogP contribution is -2.49. The fourth-order valence-corrected chi connectivity index (χ4v) is 3.70. The second-order valence-corrected chi connectivity index (χ2v) is 8.13. The van der Waals surface area contributed by atoms with Gasteiger partial charge in [-0.25, -0.2) is 26.3 Å². The summed E-state index contributed by atoms with van der Waals surface area (Å²) in [5, 5.41) is 1.93. The van der Waals surface area contributed by atoms with Gasteiger partial charge in [-0.15, -0.1) is 0 Å². The van der Waals surface area contributed by atoms with Crippen LogP contribution in [-0.4, -0.2) is 43.4 Å². The van der Waals surface area contributed by atoms with Gasteiger partial charge < -0.3 is 15.2 Å². The third-order valence-corrected chi connectivity index (χ3v) is 5.71. The van der Waals surface area contributed by atoms with Crippen LogP contribution < -0.4 is 27.2 Å². The first-order valence-electron chi connectivity index (χ1n) is 11.6. The zero-order valence-electron chi connectivity index (χ0n) is 21.8. The topological polar surface area (TPSA) is 149 Å². The number of nitrogens with zero attached hydrogens (tertiary/aromatic N) is 3. The first kappa shape index (κ1) is 28.3. The standard InChI is InChI=1S/C26H36N6O4/c1-7-18-10-9-11-21(32(29)26(34)31(6)28)20(18)15-36-22-13-12-19(14-16(22)3)23(27)17(4)24(30-5)25(33)35-8-2/h9-14H,7-8,15,27-29H2,1-6H3. The van der Waals surface area contributed by atoms with Crippen molar-refractivity contribution in [3.8, 4) is 5.75 Å². The van der Waals surface area contributed by atoms with Crippen molar-refractivity contribution in [2.24, 2.45) is 22.4 Å². The van der Waals surface area contributed by atoms with Crippen molar-refractivity contribution in [2.75, 3.05) is 25.7 Å². The molecule has 2 amide bonds. The van der Waals surface area contributed by atoms with E-state index in [2.05, 4.69) is 4.99 Å². The van der Waals surface area contributed by atoms with Gasteiger partial charge in [0, 0.05) is 30.9 Å². The molecule has 194 valence electrons. The molecule has 0 aliphatic carbocycles. The molecule has 36 heavy (non-hydrogen) atoms.